The largest absolute Gasteiger partial charge is 0.493 e. The van der Waals surface area contributed by atoms with Gasteiger partial charge < -0.3 is 29.3 Å². The standard InChI is InChI=1S/C26H37N5O4/c1-20(32)31-15-9-21(10-16-31)19-35-25-8-11-27-26(29-25)28-22-6-7-23(33-2)24(18-22)34-17-5-14-30-12-3-4-13-30/h6-8,11,18,21H,3-5,9-10,12-17,19H2,1-2H3,(H,27,28,29). The van der Waals surface area contributed by atoms with Gasteiger partial charge in [0.25, 0.3) is 0 Å². The molecule has 0 spiro atoms. The minimum Gasteiger partial charge on any atom is -0.493 e. The smallest absolute Gasteiger partial charge is 0.230 e. The van der Waals surface area contributed by atoms with Crippen molar-refractivity contribution in [1.82, 2.24) is 19.8 Å². The van der Waals surface area contributed by atoms with E-state index in [9.17, 15) is 4.79 Å². The molecule has 0 radical (unpaired) electrons. The number of piperidine rings is 1. The number of hydrogen-bond acceptors (Lipinski definition) is 8. The highest BCUT2D eigenvalue weighted by molar-refractivity contribution is 5.73. The zero-order valence-corrected chi connectivity index (χ0v) is 20.9. The van der Waals surface area contributed by atoms with Crippen molar-refractivity contribution in [3.63, 3.8) is 0 Å². The number of nitrogens with zero attached hydrogens (tertiary/aromatic N) is 4. The molecule has 190 valence electrons. The minimum atomic E-state index is 0.144. The third kappa shape index (κ3) is 7.45. The highest BCUT2D eigenvalue weighted by Gasteiger charge is 2.21. The monoisotopic (exact) mass is 483 g/mol. The lowest BCUT2D eigenvalue weighted by molar-refractivity contribution is -0.130. The van der Waals surface area contributed by atoms with Gasteiger partial charge in [0.05, 0.1) is 20.3 Å². The Hall–Kier alpha value is -3.07. The molecular weight excluding hydrogens is 446 g/mol. The van der Waals surface area contributed by atoms with Crippen molar-refractivity contribution in [3.05, 3.63) is 30.5 Å². The van der Waals surface area contributed by atoms with Crippen molar-refractivity contribution in [2.24, 2.45) is 5.92 Å². The summed E-state index contributed by atoms with van der Waals surface area (Å²) in [6.45, 7) is 7.90. The molecule has 4 rings (SSSR count). The Labute approximate surface area is 207 Å². The minimum absolute atomic E-state index is 0.144. The first-order valence-electron chi connectivity index (χ1n) is 12.6. The fraction of sp³-hybridized carbons (Fsp3) is 0.577. The molecule has 1 N–H and O–H groups in total. The number of ether oxygens (including phenoxy) is 3. The third-order valence-corrected chi connectivity index (χ3v) is 6.65. The van der Waals surface area contributed by atoms with Crippen LogP contribution in [0.5, 0.6) is 17.4 Å². The zero-order chi connectivity index (χ0) is 24.5. The van der Waals surface area contributed by atoms with Gasteiger partial charge in [-0.25, -0.2) is 4.98 Å². The molecule has 9 heteroatoms. The summed E-state index contributed by atoms with van der Waals surface area (Å²) in [5.74, 6) is 2.95. The topological polar surface area (TPSA) is 89.0 Å². The van der Waals surface area contributed by atoms with E-state index < -0.39 is 0 Å². The second kappa shape index (κ2) is 12.6. The van der Waals surface area contributed by atoms with Crippen LogP contribution in [0.3, 0.4) is 0 Å². The van der Waals surface area contributed by atoms with E-state index >= 15 is 0 Å². The molecule has 9 nitrogen and oxygen atoms in total. The normalized spacial score (nSPS) is 16.8. The average Bonchev–Trinajstić information content (AvgIpc) is 3.40. The van der Waals surface area contributed by atoms with Gasteiger partial charge in [-0.1, -0.05) is 0 Å². The first kappa shape index (κ1) is 25.0. The Bertz CT molecular complexity index is 959. The quantitative estimate of drug-likeness (QED) is 0.484. The second-order valence-corrected chi connectivity index (χ2v) is 9.22. The van der Waals surface area contributed by atoms with Crippen LogP contribution in [-0.4, -0.2) is 78.7 Å². The summed E-state index contributed by atoms with van der Waals surface area (Å²) in [5.41, 5.74) is 0.814. The molecule has 2 fully saturated rings. The molecule has 0 saturated carbocycles. The van der Waals surface area contributed by atoms with Gasteiger partial charge in [-0.05, 0) is 63.2 Å². The molecular formula is C26H37N5O4. The van der Waals surface area contributed by atoms with Gasteiger partial charge in [0.15, 0.2) is 11.5 Å². The Morgan fingerprint density at radius 3 is 2.63 bits per heavy atom. The molecule has 2 aliphatic heterocycles. The van der Waals surface area contributed by atoms with Crippen LogP contribution in [0, 0.1) is 5.92 Å². The number of anilines is 2. The van der Waals surface area contributed by atoms with E-state index in [1.807, 2.05) is 23.1 Å². The number of carbonyl (C=O) groups excluding carboxylic acids is 1. The van der Waals surface area contributed by atoms with E-state index in [0.717, 1.165) is 44.6 Å². The van der Waals surface area contributed by atoms with Gasteiger partial charge in [0.1, 0.15) is 0 Å². The zero-order valence-electron chi connectivity index (χ0n) is 20.9. The molecule has 0 aliphatic carbocycles. The number of likely N-dealkylation sites (tertiary alicyclic amines) is 2. The maximum Gasteiger partial charge on any atom is 0.230 e. The van der Waals surface area contributed by atoms with Crippen LogP contribution in [0.1, 0.15) is 39.0 Å². The second-order valence-electron chi connectivity index (χ2n) is 9.22. The fourth-order valence-electron chi connectivity index (χ4n) is 4.57. The first-order valence-corrected chi connectivity index (χ1v) is 12.6. The van der Waals surface area contributed by atoms with Gasteiger partial charge in [-0.2, -0.15) is 4.98 Å². The molecule has 2 saturated heterocycles. The predicted octanol–water partition coefficient (Wildman–Crippen LogP) is 3.73. The summed E-state index contributed by atoms with van der Waals surface area (Å²) in [5, 5.41) is 3.24. The summed E-state index contributed by atoms with van der Waals surface area (Å²) in [4.78, 5) is 24.7. The summed E-state index contributed by atoms with van der Waals surface area (Å²) < 4.78 is 17.5. The summed E-state index contributed by atoms with van der Waals surface area (Å²) in [6.07, 6.45) is 7.17. The SMILES string of the molecule is COc1ccc(Nc2nccc(OCC3CCN(C(C)=O)CC3)n2)cc1OCCCN1CCCC1. The Balaban J connectivity index is 1.28. The van der Waals surface area contributed by atoms with Crippen molar-refractivity contribution in [2.75, 3.05) is 58.4 Å². The highest BCUT2D eigenvalue weighted by atomic mass is 16.5. The lowest BCUT2D eigenvalue weighted by Crippen LogP contribution is -2.38. The van der Waals surface area contributed by atoms with Crippen molar-refractivity contribution < 1.29 is 19.0 Å². The fourth-order valence-corrected chi connectivity index (χ4v) is 4.57. The van der Waals surface area contributed by atoms with E-state index in [4.69, 9.17) is 14.2 Å². The predicted molar refractivity (Wildman–Crippen MR) is 135 cm³/mol. The van der Waals surface area contributed by atoms with Gasteiger partial charge in [-0.3, -0.25) is 4.79 Å². The number of benzene rings is 1. The van der Waals surface area contributed by atoms with E-state index in [0.29, 0.717) is 42.5 Å². The maximum atomic E-state index is 11.5. The first-order chi connectivity index (χ1) is 17.1. The number of aromatic nitrogens is 2. The number of nitrogens with one attached hydrogen (secondary N) is 1. The number of carbonyl (C=O) groups is 1. The van der Waals surface area contributed by atoms with Gasteiger partial charge in [0.2, 0.25) is 17.7 Å². The molecule has 1 aromatic carbocycles. The van der Waals surface area contributed by atoms with Gasteiger partial charge >= 0.3 is 0 Å². The average molecular weight is 484 g/mol. The Morgan fingerprint density at radius 1 is 1.09 bits per heavy atom. The lowest BCUT2D eigenvalue weighted by Gasteiger charge is -2.30. The van der Waals surface area contributed by atoms with Crippen molar-refractivity contribution in [2.45, 2.75) is 39.0 Å². The molecule has 1 aromatic heterocycles. The van der Waals surface area contributed by atoms with E-state index in [1.165, 1.54) is 25.9 Å². The van der Waals surface area contributed by atoms with Crippen molar-refractivity contribution in [3.8, 4) is 17.4 Å². The summed E-state index contributed by atoms with van der Waals surface area (Å²) >= 11 is 0. The maximum absolute atomic E-state index is 11.5. The van der Waals surface area contributed by atoms with E-state index in [2.05, 4.69) is 20.2 Å². The van der Waals surface area contributed by atoms with Crippen LogP contribution in [-0.2, 0) is 4.79 Å². The van der Waals surface area contributed by atoms with Crippen LogP contribution < -0.4 is 19.5 Å². The summed E-state index contributed by atoms with van der Waals surface area (Å²) in [6, 6.07) is 7.47. The van der Waals surface area contributed by atoms with Gasteiger partial charge in [-0.15, -0.1) is 0 Å². The van der Waals surface area contributed by atoms with Crippen molar-refractivity contribution >= 4 is 17.5 Å². The molecule has 0 atom stereocenters. The summed E-state index contributed by atoms with van der Waals surface area (Å²) in [7, 11) is 1.65. The van der Waals surface area contributed by atoms with Gasteiger partial charge in [0, 0.05) is 50.6 Å². The molecule has 3 heterocycles. The van der Waals surface area contributed by atoms with Crippen LogP contribution >= 0.6 is 0 Å². The number of amides is 1. The number of rotatable bonds is 11. The molecule has 2 aromatic rings. The van der Waals surface area contributed by atoms with E-state index in [1.54, 1.807) is 26.3 Å². The van der Waals surface area contributed by atoms with Crippen LogP contribution in [0.25, 0.3) is 0 Å². The highest BCUT2D eigenvalue weighted by Crippen LogP contribution is 2.31. The molecule has 1 amide bonds. The van der Waals surface area contributed by atoms with Crippen LogP contribution in [0.4, 0.5) is 11.6 Å². The van der Waals surface area contributed by atoms with Crippen LogP contribution in [0.15, 0.2) is 30.5 Å². The Kier molecular flexibility index (Phi) is 9.00. The number of hydrogen-bond donors (Lipinski definition) is 1. The van der Waals surface area contributed by atoms with E-state index in [-0.39, 0.29) is 5.91 Å². The molecule has 0 bridgehead atoms. The third-order valence-electron chi connectivity index (χ3n) is 6.65. The molecule has 0 unspecified atom stereocenters. The lowest BCUT2D eigenvalue weighted by atomic mass is 9.98. The van der Waals surface area contributed by atoms with Crippen LogP contribution in [0.2, 0.25) is 0 Å². The molecule has 2 aliphatic rings. The Morgan fingerprint density at radius 2 is 1.89 bits per heavy atom. The molecule has 35 heavy (non-hydrogen) atoms. The van der Waals surface area contributed by atoms with Crippen molar-refractivity contribution in [1.29, 1.82) is 0 Å². The number of methoxy groups -OCH3 is 1.